The molecule has 16 heavy (non-hydrogen) atoms. The Kier molecular flexibility index (Phi) is 4.78. The summed E-state index contributed by atoms with van der Waals surface area (Å²) < 4.78 is 0. The van der Waals surface area contributed by atoms with Crippen LogP contribution in [0.25, 0.3) is 0 Å². The van der Waals surface area contributed by atoms with Gasteiger partial charge in [0, 0.05) is 12.0 Å². The van der Waals surface area contributed by atoms with Crippen molar-refractivity contribution in [3.63, 3.8) is 0 Å². The van der Waals surface area contributed by atoms with Crippen LogP contribution in [0.15, 0.2) is 30.3 Å². The van der Waals surface area contributed by atoms with E-state index in [2.05, 4.69) is 24.3 Å². The second-order valence-electron chi connectivity index (χ2n) is 4.58. The van der Waals surface area contributed by atoms with Crippen LogP contribution in [0, 0.1) is 0 Å². The fourth-order valence-corrected chi connectivity index (χ4v) is 2.56. The highest BCUT2D eigenvalue weighted by Crippen LogP contribution is 2.38. The van der Waals surface area contributed by atoms with E-state index in [1.807, 2.05) is 6.07 Å². The van der Waals surface area contributed by atoms with Crippen LogP contribution < -0.4 is 5.73 Å². The highest BCUT2D eigenvalue weighted by molar-refractivity contribution is 5.85. The molecule has 1 aromatic rings. The van der Waals surface area contributed by atoms with Gasteiger partial charge in [-0.05, 0) is 31.2 Å². The first kappa shape index (κ1) is 13.5. The van der Waals surface area contributed by atoms with Crippen molar-refractivity contribution in [2.75, 3.05) is 6.54 Å². The summed E-state index contributed by atoms with van der Waals surface area (Å²) in [6.07, 6.45) is 3.66. The lowest BCUT2D eigenvalue weighted by Crippen LogP contribution is -2.40. The molecule has 1 fully saturated rings. The summed E-state index contributed by atoms with van der Waals surface area (Å²) in [5.74, 6) is 0. The first-order valence-corrected chi connectivity index (χ1v) is 5.70. The summed E-state index contributed by atoms with van der Waals surface area (Å²) in [7, 11) is 0. The van der Waals surface area contributed by atoms with E-state index >= 15 is 0 Å². The Balaban J connectivity index is 0.00000128. The minimum atomic E-state index is -0.117. The number of hydrogen-bond acceptors (Lipinski definition) is 2. The monoisotopic (exact) mass is 241 g/mol. The summed E-state index contributed by atoms with van der Waals surface area (Å²) in [6, 6.07) is 10.5. The van der Waals surface area contributed by atoms with Gasteiger partial charge < -0.3 is 10.8 Å². The lowest BCUT2D eigenvalue weighted by Gasteiger charge is -2.38. The molecule has 3 heteroatoms. The molecule has 0 atom stereocenters. The van der Waals surface area contributed by atoms with Crippen molar-refractivity contribution in [3.05, 3.63) is 35.9 Å². The number of aliphatic hydroxyl groups is 1. The van der Waals surface area contributed by atoms with Gasteiger partial charge in [-0.1, -0.05) is 30.3 Å². The third kappa shape index (κ3) is 2.57. The van der Waals surface area contributed by atoms with Gasteiger partial charge >= 0.3 is 0 Å². The number of hydrogen-bond donors (Lipinski definition) is 2. The third-order valence-corrected chi connectivity index (χ3v) is 3.69. The average molecular weight is 242 g/mol. The molecule has 1 aromatic carbocycles. The third-order valence-electron chi connectivity index (χ3n) is 3.69. The lowest BCUT2D eigenvalue weighted by atomic mass is 9.69. The molecule has 2 rings (SSSR count). The minimum Gasteiger partial charge on any atom is -0.393 e. The van der Waals surface area contributed by atoms with Crippen LogP contribution in [0.2, 0.25) is 0 Å². The maximum absolute atomic E-state index is 9.54. The molecule has 3 N–H and O–H groups in total. The van der Waals surface area contributed by atoms with Gasteiger partial charge in [0.15, 0.2) is 0 Å². The quantitative estimate of drug-likeness (QED) is 0.834. The molecule has 0 unspecified atom stereocenters. The normalized spacial score (nSPS) is 29.5. The molecule has 2 nitrogen and oxygen atoms in total. The number of aliphatic hydroxyl groups excluding tert-OH is 1. The van der Waals surface area contributed by atoms with Gasteiger partial charge in [0.1, 0.15) is 0 Å². The van der Waals surface area contributed by atoms with Crippen molar-refractivity contribution >= 4 is 12.4 Å². The second-order valence-corrected chi connectivity index (χ2v) is 4.58. The van der Waals surface area contributed by atoms with Crippen molar-refractivity contribution in [1.82, 2.24) is 0 Å². The molecule has 90 valence electrons. The van der Waals surface area contributed by atoms with Gasteiger partial charge in [0.25, 0.3) is 0 Å². The van der Waals surface area contributed by atoms with Crippen molar-refractivity contribution in [1.29, 1.82) is 0 Å². The molecular weight excluding hydrogens is 222 g/mol. The summed E-state index contributed by atoms with van der Waals surface area (Å²) in [6.45, 7) is 0.684. The van der Waals surface area contributed by atoms with E-state index in [9.17, 15) is 5.11 Å². The Morgan fingerprint density at radius 2 is 1.75 bits per heavy atom. The lowest BCUT2D eigenvalue weighted by molar-refractivity contribution is 0.0974. The standard InChI is InChI=1S/C13H19NO.ClH/c14-10-13(8-6-12(15)7-9-13)11-4-2-1-3-5-11;/h1-5,12,15H,6-10,14H2;1H. The van der Waals surface area contributed by atoms with Crippen LogP contribution in [0.4, 0.5) is 0 Å². The zero-order valence-corrected chi connectivity index (χ0v) is 10.2. The van der Waals surface area contributed by atoms with Crippen LogP contribution in [0.1, 0.15) is 31.2 Å². The molecule has 0 amide bonds. The van der Waals surface area contributed by atoms with Crippen LogP contribution in [0.5, 0.6) is 0 Å². The van der Waals surface area contributed by atoms with Gasteiger partial charge in [-0.25, -0.2) is 0 Å². The Morgan fingerprint density at radius 1 is 1.19 bits per heavy atom. The fourth-order valence-electron chi connectivity index (χ4n) is 2.56. The second kappa shape index (κ2) is 5.67. The molecule has 0 aliphatic heterocycles. The summed E-state index contributed by atoms with van der Waals surface area (Å²) in [5, 5.41) is 9.54. The maximum atomic E-state index is 9.54. The zero-order valence-electron chi connectivity index (χ0n) is 9.43. The predicted molar refractivity (Wildman–Crippen MR) is 68.9 cm³/mol. The van der Waals surface area contributed by atoms with Crippen molar-refractivity contribution in [2.24, 2.45) is 5.73 Å². The van der Waals surface area contributed by atoms with Crippen LogP contribution >= 0.6 is 12.4 Å². The Hall–Kier alpha value is -0.570. The SMILES string of the molecule is Cl.NCC1(c2ccccc2)CCC(O)CC1. The van der Waals surface area contributed by atoms with Gasteiger partial charge in [-0.2, -0.15) is 0 Å². The molecule has 0 aromatic heterocycles. The highest BCUT2D eigenvalue weighted by atomic mass is 35.5. The van der Waals surface area contributed by atoms with Gasteiger partial charge in [0.05, 0.1) is 6.10 Å². The summed E-state index contributed by atoms with van der Waals surface area (Å²) in [5.41, 5.74) is 7.38. The number of benzene rings is 1. The van der Waals surface area contributed by atoms with E-state index in [1.54, 1.807) is 0 Å². The Bertz CT molecular complexity index is 307. The van der Waals surface area contributed by atoms with E-state index in [1.165, 1.54) is 5.56 Å². The fraction of sp³-hybridized carbons (Fsp3) is 0.538. The largest absolute Gasteiger partial charge is 0.393 e. The van der Waals surface area contributed by atoms with Crippen LogP contribution in [0.3, 0.4) is 0 Å². The average Bonchev–Trinajstić information content (AvgIpc) is 2.32. The number of halogens is 1. The molecule has 0 heterocycles. The van der Waals surface area contributed by atoms with Crippen LogP contribution in [-0.4, -0.2) is 17.8 Å². The van der Waals surface area contributed by atoms with E-state index in [-0.39, 0.29) is 23.9 Å². The predicted octanol–water partition coefficient (Wildman–Crippen LogP) is 2.24. The summed E-state index contributed by atoms with van der Waals surface area (Å²) in [4.78, 5) is 0. The Labute approximate surface area is 103 Å². The molecule has 1 aliphatic rings. The van der Waals surface area contributed by atoms with E-state index in [4.69, 9.17) is 5.73 Å². The van der Waals surface area contributed by atoms with Crippen LogP contribution in [-0.2, 0) is 5.41 Å². The van der Waals surface area contributed by atoms with E-state index < -0.39 is 0 Å². The number of rotatable bonds is 2. The minimum absolute atomic E-state index is 0. The van der Waals surface area contributed by atoms with Crippen molar-refractivity contribution < 1.29 is 5.11 Å². The van der Waals surface area contributed by atoms with Crippen molar-refractivity contribution in [3.8, 4) is 0 Å². The van der Waals surface area contributed by atoms with Gasteiger partial charge in [-0.15, -0.1) is 12.4 Å². The number of nitrogens with two attached hydrogens (primary N) is 1. The molecule has 0 saturated heterocycles. The topological polar surface area (TPSA) is 46.2 Å². The van der Waals surface area contributed by atoms with E-state index in [0.717, 1.165) is 25.7 Å². The molecule has 0 bridgehead atoms. The van der Waals surface area contributed by atoms with Crippen molar-refractivity contribution in [2.45, 2.75) is 37.2 Å². The van der Waals surface area contributed by atoms with Gasteiger partial charge in [-0.3, -0.25) is 0 Å². The summed E-state index contributed by atoms with van der Waals surface area (Å²) >= 11 is 0. The molecule has 1 aliphatic carbocycles. The molecule has 0 spiro atoms. The molecule has 1 saturated carbocycles. The first-order chi connectivity index (χ1) is 7.27. The molecule has 0 radical (unpaired) electrons. The highest BCUT2D eigenvalue weighted by Gasteiger charge is 2.34. The first-order valence-electron chi connectivity index (χ1n) is 5.70. The van der Waals surface area contributed by atoms with E-state index in [0.29, 0.717) is 6.54 Å². The zero-order chi connectivity index (χ0) is 10.7. The smallest absolute Gasteiger partial charge is 0.0541 e. The molecular formula is C13H20ClNO. The maximum Gasteiger partial charge on any atom is 0.0541 e. The Morgan fingerprint density at radius 3 is 2.25 bits per heavy atom. The van der Waals surface area contributed by atoms with Gasteiger partial charge in [0.2, 0.25) is 0 Å².